The normalized spacial score (nSPS) is 24.0. The molecule has 0 spiro atoms. The van der Waals surface area contributed by atoms with Gasteiger partial charge in [-0.1, -0.05) is 31.6 Å². The molecule has 0 radical (unpaired) electrons. The van der Waals surface area contributed by atoms with Gasteiger partial charge in [0.1, 0.15) is 18.0 Å². The van der Waals surface area contributed by atoms with E-state index in [0.29, 0.717) is 37.8 Å². The highest BCUT2D eigenvalue weighted by molar-refractivity contribution is 5.84. The van der Waals surface area contributed by atoms with E-state index in [1.54, 1.807) is 36.7 Å². The van der Waals surface area contributed by atoms with Crippen molar-refractivity contribution < 1.29 is 28.6 Å². The number of aromatic nitrogens is 1. The van der Waals surface area contributed by atoms with Crippen molar-refractivity contribution >= 4 is 23.3 Å². The van der Waals surface area contributed by atoms with Gasteiger partial charge in [-0.15, -0.1) is 0 Å². The van der Waals surface area contributed by atoms with Crippen molar-refractivity contribution in [2.24, 2.45) is 5.41 Å². The first-order valence-corrected chi connectivity index (χ1v) is 11.9. The van der Waals surface area contributed by atoms with Crippen molar-refractivity contribution in [2.75, 3.05) is 5.32 Å². The molecular weight excluding hydrogens is 451 g/mol. The van der Waals surface area contributed by atoms with Gasteiger partial charge in [-0.05, 0) is 60.1 Å². The molecule has 7 nitrogen and oxygen atoms in total. The molecule has 2 heterocycles. The number of nitrogens with zero attached hydrogens (tertiary/aromatic N) is 1. The number of rotatable bonds is 6. The number of ether oxygens (including phenoxy) is 2. The number of halogens is 1. The van der Waals surface area contributed by atoms with Gasteiger partial charge in [0, 0.05) is 19.0 Å². The van der Waals surface area contributed by atoms with Crippen LogP contribution in [0.15, 0.2) is 54.4 Å². The molecule has 1 saturated heterocycles. The van der Waals surface area contributed by atoms with Crippen LogP contribution in [0.3, 0.4) is 0 Å². The van der Waals surface area contributed by atoms with Crippen LogP contribution in [-0.2, 0) is 14.3 Å². The average molecular weight is 483 g/mol. The maximum Gasteiger partial charge on any atom is 0.411 e. The number of carbonyl (C=O) groups is 2. The highest BCUT2D eigenvalue weighted by atomic mass is 19.1. The molecule has 1 aliphatic heterocycles. The number of allylic oxidation sites excluding steroid dienone is 1. The molecule has 0 bridgehead atoms. The average Bonchev–Trinajstić information content (AvgIpc) is 2.78. The quantitative estimate of drug-likeness (QED) is 0.545. The van der Waals surface area contributed by atoms with Crippen molar-refractivity contribution in [1.29, 1.82) is 0 Å². The number of carbonyl (C=O) groups excluding carboxylic acids is 2. The van der Waals surface area contributed by atoms with E-state index >= 15 is 0 Å². The lowest BCUT2D eigenvalue weighted by molar-refractivity contribution is -0.160. The summed E-state index contributed by atoms with van der Waals surface area (Å²) in [5.41, 5.74) is 3.26. The predicted molar refractivity (Wildman–Crippen MR) is 129 cm³/mol. The third kappa shape index (κ3) is 6.45. The lowest BCUT2D eigenvalue weighted by Gasteiger charge is -2.40. The molecule has 1 aromatic heterocycles. The number of nitrogens with one attached hydrogen (secondary N) is 1. The summed E-state index contributed by atoms with van der Waals surface area (Å²) in [6.07, 6.45) is 4.00. The van der Waals surface area contributed by atoms with Crippen LogP contribution in [0.1, 0.15) is 57.9 Å². The van der Waals surface area contributed by atoms with Crippen LogP contribution < -0.4 is 5.32 Å². The van der Waals surface area contributed by atoms with E-state index in [-0.39, 0.29) is 35.8 Å². The van der Waals surface area contributed by atoms with Gasteiger partial charge in [0.2, 0.25) is 0 Å². The Balaban J connectivity index is 1.55. The molecule has 3 atom stereocenters. The van der Waals surface area contributed by atoms with Gasteiger partial charge in [-0.2, -0.15) is 0 Å². The van der Waals surface area contributed by atoms with Gasteiger partial charge >= 0.3 is 12.1 Å². The smallest absolute Gasteiger partial charge is 0.411 e. The van der Waals surface area contributed by atoms with Crippen LogP contribution in [0.2, 0.25) is 0 Å². The van der Waals surface area contributed by atoms with Crippen molar-refractivity contribution in [2.45, 2.75) is 70.7 Å². The molecule has 2 aliphatic rings. The minimum Gasteiger partial charge on any atom is -0.462 e. The summed E-state index contributed by atoms with van der Waals surface area (Å²) in [5, 5.41) is 12.7. The summed E-state index contributed by atoms with van der Waals surface area (Å²) in [7, 11) is 0. The summed E-state index contributed by atoms with van der Waals surface area (Å²) in [6, 6.07) is 9.78. The number of cyclic esters (lactones) is 1. The third-order valence-corrected chi connectivity index (χ3v) is 6.68. The molecule has 35 heavy (non-hydrogen) atoms. The highest BCUT2D eigenvalue weighted by Crippen LogP contribution is 2.47. The van der Waals surface area contributed by atoms with Crippen LogP contribution in [0.4, 0.5) is 14.9 Å². The number of amides is 1. The van der Waals surface area contributed by atoms with Crippen molar-refractivity contribution in [3.63, 3.8) is 0 Å². The number of hydrogen-bond donors (Lipinski definition) is 2. The van der Waals surface area contributed by atoms with E-state index in [9.17, 15) is 19.1 Å². The van der Waals surface area contributed by atoms with E-state index in [1.165, 1.54) is 12.1 Å². The van der Waals surface area contributed by atoms with Crippen molar-refractivity contribution in [3.8, 4) is 0 Å². The van der Waals surface area contributed by atoms with Crippen LogP contribution >= 0.6 is 0 Å². The lowest BCUT2D eigenvalue weighted by Crippen LogP contribution is -2.35. The number of esters is 1. The Labute approximate surface area is 204 Å². The topological polar surface area (TPSA) is 97.8 Å². The molecule has 2 N–H and O–H groups in total. The molecule has 2 aromatic rings. The minimum absolute atomic E-state index is 0.0334. The van der Waals surface area contributed by atoms with Crippen LogP contribution in [0.25, 0.3) is 5.57 Å². The third-order valence-electron chi connectivity index (χ3n) is 6.68. The predicted octanol–water partition coefficient (Wildman–Crippen LogP) is 5.26. The number of hydrogen-bond acceptors (Lipinski definition) is 6. The van der Waals surface area contributed by atoms with Gasteiger partial charge in [-0.25, -0.2) is 9.18 Å². The largest absolute Gasteiger partial charge is 0.462 e. The monoisotopic (exact) mass is 482 g/mol. The first kappa shape index (κ1) is 24.9. The van der Waals surface area contributed by atoms with Gasteiger partial charge in [-0.3, -0.25) is 15.1 Å². The summed E-state index contributed by atoms with van der Waals surface area (Å²) >= 11 is 0. The molecule has 1 fully saturated rings. The van der Waals surface area contributed by atoms with Gasteiger partial charge in [0.05, 0.1) is 24.4 Å². The van der Waals surface area contributed by atoms with E-state index < -0.39 is 12.2 Å². The second-order valence-corrected chi connectivity index (χ2v) is 9.89. The molecule has 8 heteroatoms. The summed E-state index contributed by atoms with van der Waals surface area (Å²) < 4.78 is 24.9. The van der Waals surface area contributed by atoms with Crippen LogP contribution in [0, 0.1) is 11.2 Å². The minimum atomic E-state index is -0.678. The maximum atomic E-state index is 13.7. The molecule has 1 aliphatic carbocycles. The molecule has 1 aromatic carbocycles. The Morgan fingerprint density at radius 3 is 2.71 bits per heavy atom. The molecule has 0 saturated carbocycles. The Bertz CT molecular complexity index is 1080. The number of aliphatic hydroxyl groups excluding tert-OH is 1. The van der Waals surface area contributed by atoms with Gasteiger partial charge in [0.25, 0.3) is 0 Å². The fraction of sp³-hybridized carbons (Fsp3) is 0.444. The molecular formula is C27H31FN2O5. The Kier molecular flexibility index (Phi) is 7.50. The SMILES string of the molecule is CC1(C)CC(OC(=O)Nc2cccnc2)CC(c2ccc(F)cc2)=C1CCC1CC(O)CC(=O)O1. The fourth-order valence-electron chi connectivity index (χ4n) is 5.12. The van der Waals surface area contributed by atoms with E-state index in [1.807, 2.05) is 0 Å². The number of pyridine rings is 1. The number of aliphatic hydroxyl groups is 1. The molecule has 1 amide bonds. The zero-order valence-corrected chi connectivity index (χ0v) is 20.0. The molecule has 3 unspecified atom stereocenters. The van der Waals surface area contributed by atoms with E-state index in [0.717, 1.165) is 16.7 Å². The van der Waals surface area contributed by atoms with Gasteiger partial charge in [0.15, 0.2) is 0 Å². The number of anilines is 1. The van der Waals surface area contributed by atoms with Gasteiger partial charge < -0.3 is 14.6 Å². The Hall–Kier alpha value is -3.26. The fourth-order valence-corrected chi connectivity index (χ4v) is 5.12. The Morgan fingerprint density at radius 2 is 2.03 bits per heavy atom. The second-order valence-electron chi connectivity index (χ2n) is 9.89. The van der Waals surface area contributed by atoms with Crippen molar-refractivity contribution in [1.82, 2.24) is 4.98 Å². The van der Waals surface area contributed by atoms with Crippen LogP contribution in [0.5, 0.6) is 0 Å². The molecule has 186 valence electrons. The first-order chi connectivity index (χ1) is 16.7. The highest BCUT2D eigenvalue weighted by Gasteiger charge is 2.38. The maximum absolute atomic E-state index is 13.7. The molecule has 4 rings (SSSR count). The second kappa shape index (κ2) is 10.6. The van der Waals surface area contributed by atoms with E-state index in [2.05, 4.69) is 24.1 Å². The standard InChI is InChI=1S/C27H31FN2O5/c1-27(2)15-22(35-26(33)30-19-4-3-11-29-16-19)14-23(17-5-7-18(28)8-6-17)24(27)10-9-21-12-20(31)13-25(32)34-21/h3-8,11,16,20-22,31H,9-10,12-15H2,1-2H3,(H,30,33). The Morgan fingerprint density at radius 1 is 1.26 bits per heavy atom. The first-order valence-electron chi connectivity index (χ1n) is 11.9. The summed E-state index contributed by atoms with van der Waals surface area (Å²) in [5.74, 6) is -0.699. The van der Waals surface area contributed by atoms with E-state index in [4.69, 9.17) is 9.47 Å². The zero-order valence-electron chi connectivity index (χ0n) is 20.0. The van der Waals surface area contributed by atoms with Crippen molar-refractivity contribution in [3.05, 3.63) is 65.7 Å². The summed E-state index contributed by atoms with van der Waals surface area (Å²) in [4.78, 5) is 28.3. The zero-order chi connectivity index (χ0) is 25.0. The number of benzene rings is 1. The lowest BCUT2D eigenvalue weighted by atomic mass is 9.68. The van der Waals surface area contributed by atoms with Crippen LogP contribution in [-0.4, -0.2) is 40.5 Å². The summed E-state index contributed by atoms with van der Waals surface area (Å²) in [6.45, 7) is 4.20.